The average molecular weight is 269 g/mol. The lowest BCUT2D eigenvalue weighted by atomic mass is 10.1. The molecule has 1 heterocycles. The van der Waals surface area contributed by atoms with Crippen LogP contribution in [0.1, 0.15) is 0 Å². The van der Waals surface area contributed by atoms with Crippen LogP contribution < -0.4 is 0 Å². The van der Waals surface area contributed by atoms with Crippen LogP contribution in [0.3, 0.4) is 0 Å². The molecule has 0 radical (unpaired) electrons. The fraction of sp³-hybridized carbons (Fsp3) is 0. The predicted octanol–water partition coefficient (Wildman–Crippen LogP) is 4.69. The van der Waals surface area contributed by atoms with Crippen LogP contribution in [0.15, 0.2) is 24.3 Å². The van der Waals surface area contributed by atoms with Crippen molar-refractivity contribution in [1.82, 2.24) is 9.97 Å². The van der Waals surface area contributed by atoms with E-state index in [1.807, 2.05) is 24.3 Å². The second-order valence-electron chi connectivity index (χ2n) is 3.59. The lowest BCUT2D eigenvalue weighted by Crippen LogP contribution is -1.76. The third-order valence-electron chi connectivity index (χ3n) is 2.51. The molecule has 0 bridgehead atoms. The van der Waals surface area contributed by atoms with Gasteiger partial charge in [0.25, 0.3) is 0 Å². The summed E-state index contributed by atoms with van der Waals surface area (Å²) in [4.78, 5) is 6.14. The average Bonchev–Trinajstić information content (AvgIpc) is 2.56. The lowest BCUT2D eigenvalue weighted by Gasteiger charge is -2.01. The van der Waals surface area contributed by atoms with Gasteiger partial charge in [0.05, 0.1) is 21.1 Å². The molecule has 1 aromatic heterocycles. The molecule has 2 N–H and O–H groups in total. The van der Waals surface area contributed by atoms with E-state index in [0.29, 0.717) is 14.8 Å². The topological polar surface area (TPSA) is 31.6 Å². The molecular formula is C11H6Cl2N2S. The van der Waals surface area contributed by atoms with Gasteiger partial charge >= 0.3 is 0 Å². The molecule has 2 nitrogen and oxygen atoms in total. The summed E-state index contributed by atoms with van der Waals surface area (Å²) in [6.07, 6.45) is 0. The normalized spacial score (nSPS) is 11.4. The molecule has 0 aliphatic heterocycles. The van der Waals surface area contributed by atoms with E-state index >= 15 is 0 Å². The van der Waals surface area contributed by atoms with Crippen molar-refractivity contribution >= 4 is 57.2 Å². The van der Waals surface area contributed by atoms with Crippen LogP contribution in [0.25, 0.3) is 21.8 Å². The number of fused-ring (bicyclic) bond motifs is 2. The number of halogens is 2. The highest BCUT2D eigenvalue weighted by molar-refractivity contribution is 7.71. The van der Waals surface area contributed by atoms with Gasteiger partial charge in [0.15, 0.2) is 4.77 Å². The number of benzene rings is 2. The maximum Gasteiger partial charge on any atom is 0.175 e. The van der Waals surface area contributed by atoms with Gasteiger partial charge in [-0.3, -0.25) is 0 Å². The molecule has 2 aromatic carbocycles. The first-order valence-electron chi connectivity index (χ1n) is 4.64. The summed E-state index contributed by atoms with van der Waals surface area (Å²) in [7, 11) is 0. The van der Waals surface area contributed by atoms with Gasteiger partial charge in [-0.1, -0.05) is 23.2 Å². The van der Waals surface area contributed by atoms with Crippen LogP contribution in [-0.2, 0) is 0 Å². The zero-order chi connectivity index (χ0) is 11.3. The highest BCUT2D eigenvalue weighted by Gasteiger charge is 2.04. The Morgan fingerprint density at radius 2 is 1.25 bits per heavy atom. The standard InChI is InChI=1S/C11H6Cl2N2S/c12-7-1-5-3-9-10(15-11(16)14-9)4-6(5)2-8(7)13/h1-4H,(H2,14,15,16). The molecule has 0 spiro atoms. The first kappa shape index (κ1) is 10.1. The van der Waals surface area contributed by atoms with E-state index in [4.69, 9.17) is 35.4 Å². The number of hydrogen-bond acceptors (Lipinski definition) is 1. The minimum Gasteiger partial charge on any atom is -0.331 e. The van der Waals surface area contributed by atoms with E-state index in [1.165, 1.54) is 0 Å². The first-order chi connectivity index (χ1) is 7.63. The molecule has 3 rings (SSSR count). The van der Waals surface area contributed by atoms with E-state index in [9.17, 15) is 0 Å². The van der Waals surface area contributed by atoms with Crippen molar-refractivity contribution in [2.75, 3.05) is 0 Å². The summed E-state index contributed by atoms with van der Waals surface area (Å²) in [5, 5.41) is 3.18. The van der Waals surface area contributed by atoms with E-state index in [-0.39, 0.29) is 0 Å². The molecule has 0 atom stereocenters. The number of aromatic nitrogens is 2. The second kappa shape index (κ2) is 3.48. The summed E-state index contributed by atoms with van der Waals surface area (Å²) < 4.78 is 0.613. The molecule has 0 fully saturated rings. The number of imidazole rings is 1. The molecule has 80 valence electrons. The predicted molar refractivity (Wildman–Crippen MR) is 71.0 cm³/mol. The third-order valence-corrected chi connectivity index (χ3v) is 3.44. The van der Waals surface area contributed by atoms with E-state index < -0.39 is 0 Å². The molecule has 3 aromatic rings. The Hall–Kier alpha value is -1.03. The largest absolute Gasteiger partial charge is 0.331 e. The molecule has 0 saturated heterocycles. The van der Waals surface area contributed by atoms with Crippen molar-refractivity contribution in [1.29, 1.82) is 0 Å². The Bertz CT molecular complexity index is 696. The number of aromatic amines is 2. The van der Waals surface area contributed by atoms with Crippen LogP contribution >= 0.6 is 35.4 Å². The molecule has 0 aliphatic carbocycles. The molecule has 0 unspecified atom stereocenters. The summed E-state index contributed by atoms with van der Waals surface area (Å²) >= 11 is 17.0. The Labute approximate surface area is 106 Å². The summed E-state index contributed by atoms with van der Waals surface area (Å²) in [5.74, 6) is 0. The van der Waals surface area contributed by atoms with Gasteiger partial charge in [0, 0.05) is 0 Å². The number of rotatable bonds is 0. The van der Waals surface area contributed by atoms with Gasteiger partial charge < -0.3 is 9.97 Å². The first-order valence-corrected chi connectivity index (χ1v) is 5.81. The molecule has 16 heavy (non-hydrogen) atoms. The highest BCUT2D eigenvalue weighted by atomic mass is 35.5. The summed E-state index contributed by atoms with van der Waals surface area (Å²) in [6, 6.07) is 7.70. The Morgan fingerprint density at radius 1 is 0.812 bits per heavy atom. The van der Waals surface area contributed by atoms with Gasteiger partial charge in [0.1, 0.15) is 0 Å². The fourth-order valence-electron chi connectivity index (χ4n) is 1.78. The van der Waals surface area contributed by atoms with E-state index in [2.05, 4.69) is 9.97 Å². The van der Waals surface area contributed by atoms with Gasteiger partial charge in [-0.05, 0) is 47.3 Å². The van der Waals surface area contributed by atoms with E-state index in [0.717, 1.165) is 21.8 Å². The van der Waals surface area contributed by atoms with Crippen LogP contribution in [0.5, 0.6) is 0 Å². The fourth-order valence-corrected chi connectivity index (χ4v) is 2.34. The number of H-pyrrole nitrogens is 2. The van der Waals surface area contributed by atoms with Gasteiger partial charge in [0.2, 0.25) is 0 Å². The van der Waals surface area contributed by atoms with Gasteiger partial charge in [-0.2, -0.15) is 0 Å². The van der Waals surface area contributed by atoms with Crippen LogP contribution in [0.2, 0.25) is 10.0 Å². The zero-order valence-electron chi connectivity index (χ0n) is 7.97. The van der Waals surface area contributed by atoms with E-state index in [1.54, 1.807) is 0 Å². The lowest BCUT2D eigenvalue weighted by molar-refractivity contribution is 1.30. The van der Waals surface area contributed by atoms with Crippen LogP contribution in [-0.4, -0.2) is 9.97 Å². The molecule has 0 amide bonds. The monoisotopic (exact) mass is 268 g/mol. The maximum atomic E-state index is 5.97. The van der Waals surface area contributed by atoms with Crippen molar-refractivity contribution in [3.63, 3.8) is 0 Å². The van der Waals surface area contributed by atoms with Crippen LogP contribution in [0, 0.1) is 4.77 Å². The van der Waals surface area contributed by atoms with Crippen molar-refractivity contribution in [2.24, 2.45) is 0 Å². The van der Waals surface area contributed by atoms with Crippen molar-refractivity contribution in [3.05, 3.63) is 39.1 Å². The minimum absolute atomic E-state index is 0.558. The van der Waals surface area contributed by atoms with Crippen molar-refractivity contribution in [2.45, 2.75) is 0 Å². The quantitative estimate of drug-likeness (QED) is 0.570. The minimum atomic E-state index is 0.558. The highest BCUT2D eigenvalue weighted by Crippen LogP contribution is 2.29. The Morgan fingerprint density at radius 3 is 1.69 bits per heavy atom. The zero-order valence-corrected chi connectivity index (χ0v) is 10.3. The second-order valence-corrected chi connectivity index (χ2v) is 4.81. The van der Waals surface area contributed by atoms with Gasteiger partial charge in [-0.25, -0.2) is 0 Å². The SMILES string of the molecule is S=c1[nH]c2cc3cc(Cl)c(Cl)cc3cc2[nH]1. The molecule has 5 heteroatoms. The van der Waals surface area contributed by atoms with Crippen LogP contribution in [0.4, 0.5) is 0 Å². The molecular weight excluding hydrogens is 263 g/mol. The summed E-state index contributed by atoms with van der Waals surface area (Å²) in [6.45, 7) is 0. The Balaban J connectivity index is 2.50. The number of nitrogens with one attached hydrogen (secondary N) is 2. The van der Waals surface area contributed by atoms with Gasteiger partial charge in [-0.15, -0.1) is 0 Å². The Kier molecular flexibility index (Phi) is 2.21. The maximum absolute atomic E-state index is 5.97. The van der Waals surface area contributed by atoms with Crippen molar-refractivity contribution < 1.29 is 0 Å². The molecule has 0 saturated carbocycles. The molecule has 0 aliphatic rings. The number of hydrogen-bond donors (Lipinski definition) is 2. The smallest absolute Gasteiger partial charge is 0.175 e. The summed E-state index contributed by atoms with van der Waals surface area (Å²) in [5.41, 5.74) is 1.94. The third kappa shape index (κ3) is 1.52. The van der Waals surface area contributed by atoms with Crippen molar-refractivity contribution in [3.8, 4) is 0 Å².